The molecule has 1 atom stereocenters. The molecule has 1 unspecified atom stereocenters. The molecule has 2 rings (SSSR count). The fraction of sp³-hybridized carbons (Fsp3) is 0.343. The molecule has 296 valence electrons. The lowest BCUT2D eigenvalue weighted by atomic mass is 9.94. The van der Waals surface area contributed by atoms with Gasteiger partial charge in [0.2, 0.25) is 0 Å². The Morgan fingerprint density at radius 3 is 1.22 bits per heavy atom. The highest BCUT2D eigenvalue weighted by molar-refractivity contribution is 6.01. The second-order valence-electron chi connectivity index (χ2n) is 10.9. The minimum atomic E-state index is -2.49. The molecule has 0 bridgehead atoms. The standard InChI is InChI=1S/C9H8O3.C8H6O4.C7H10O6.C6H10O3.C5H8O3/c1-6(10)7-3-2-4-8(5-7)9(11)12;9-7(10)5-3-1-2-4-6(5)8(11)12;1-4(8)2-7(13,6(11)12)3-5(9)10;1-5(7)3-2-4-6(8)9;1-4(6)2-3-5(7)8/h2-5H,1H3,(H,11,12);1-4H,(H,9,10)(H,11,12);13H,2-3H2,1H3,(H,9,10)(H,11,12);2-4H2,1H3,(H,8,9);2-3H2,1H3,(H,7,8). The lowest BCUT2D eigenvalue weighted by Crippen LogP contribution is -2.42. The molecule has 0 aliphatic rings. The summed E-state index contributed by atoms with van der Waals surface area (Å²) in [5, 5.41) is 67.8. The van der Waals surface area contributed by atoms with Crippen molar-refractivity contribution >= 4 is 64.9 Å². The number of benzene rings is 2. The molecular formula is C35H42O19. The Balaban J connectivity index is -0.000000609. The van der Waals surface area contributed by atoms with Crippen molar-refractivity contribution in [3.63, 3.8) is 0 Å². The largest absolute Gasteiger partial charge is 0.481 e. The average Bonchev–Trinajstić information content (AvgIpc) is 3.03. The molecule has 0 saturated carbocycles. The Hall–Kier alpha value is -6.63. The van der Waals surface area contributed by atoms with Gasteiger partial charge in [-0.2, -0.15) is 0 Å². The van der Waals surface area contributed by atoms with E-state index in [4.69, 9.17) is 35.7 Å². The summed E-state index contributed by atoms with van der Waals surface area (Å²) in [6.45, 7) is 5.32. The zero-order chi connectivity index (χ0) is 42.8. The van der Waals surface area contributed by atoms with Gasteiger partial charge in [0.25, 0.3) is 0 Å². The molecule has 54 heavy (non-hydrogen) atoms. The molecule has 0 aromatic heterocycles. The third kappa shape index (κ3) is 27.1. The van der Waals surface area contributed by atoms with Crippen molar-refractivity contribution in [1.29, 1.82) is 0 Å². The van der Waals surface area contributed by atoms with Crippen molar-refractivity contribution < 1.29 is 93.6 Å². The number of hydrogen-bond acceptors (Lipinski definition) is 12. The molecule has 0 spiro atoms. The van der Waals surface area contributed by atoms with Crippen molar-refractivity contribution in [2.45, 2.75) is 78.2 Å². The van der Waals surface area contributed by atoms with E-state index in [9.17, 15) is 57.8 Å². The molecule has 0 aliphatic heterocycles. The second kappa shape index (κ2) is 27.1. The predicted molar refractivity (Wildman–Crippen MR) is 184 cm³/mol. The van der Waals surface area contributed by atoms with Gasteiger partial charge >= 0.3 is 41.8 Å². The summed E-state index contributed by atoms with van der Waals surface area (Å²) in [6.07, 6.45) is -0.641. The van der Waals surface area contributed by atoms with Crippen LogP contribution in [0.3, 0.4) is 0 Å². The van der Waals surface area contributed by atoms with E-state index in [1.54, 1.807) is 12.1 Å². The predicted octanol–water partition coefficient (Wildman–Crippen LogP) is 3.20. The van der Waals surface area contributed by atoms with Gasteiger partial charge in [-0.05, 0) is 58.4 Å². The van der Waals surface area contributed by atoms with E-state index >= 15 is 0 Å². The Kier molecular flexibility index (Phi) is 25.9. The van der Waals surface area contributed by atoms with Crippen molar-refractivity contribution in [2.75, 3.05) is 0 Å². The van der Waals surface area contributed by atoms with Crippen LogP contribution in [0.25, 0.3) is 0 Å². The van der Waals surface area contributed by atoms with Gasteiger partial charge in [0, 0.05) is 31.2 Å². The molecule has 19 nitrogen and oxygen atoms in total. The molecule has 2 aromatic carbocycles. The number of hydrogen-bond donors (Lipinski definition) is 8. The number of carboxylic acids is 7. The summed E-state index contributed by atoms with van der Waals surface area (Å²) in [6, 6.07) is 11.4. The molecular weight excluding hydrogens is 724 g/mol. The second-order valence-corrected chi connectivity index (χ2v) is 10.9. The number of aliphatic carboxylic acids is 4. The molecule has 2 aromatic rings. The van der Waals surface area contributed by atoms with E-state index in [-0.39, 0.29) is 53.3 Å². The SMILES string of the molecule is CC(=O)CC(O)(CC(=O)O)C(=O)O.CC(=O)CCC(=O)O.CC(=O)CCCC(=O)O.CC(=O)c1cccc(C(=O)O)c1.O=C(O)c1ccccc1C(=O)O. The lowest BCUT2D eigenvalue weighted by Gasteiger charge is -2.19. The molecule has 0 saturated heterocycles. The Morgan fingerprint density at radius 1 is 0.481 bits per heavy atom. The van der Waals surface area contributed by atoms with Crippen LogP contribution < -0.4 is 0 Å². The first-order valence-corrected chi connectivity index (χ1v) is 15.3. The van der Waals surface area contributed by atoms with Gasteiger partial charge < -0.3 is 50.4 Å². The molecule has 0 aliphatic carbocycles. The zero-order valence-corrected chi connectivity index (χ0v) is 29.6. The normalized spacial score (nSPS) is 10.5. The molecule has 0 heterocycles. The van der Waals surface area contributed by atoms with Crippen LogP contribution >= 0.6 is 0 Å². The Morgan fingerprint density at radius 2 is 0.926 bits per heavy atom. The van der Waals surface area contributed by atoms with E-state index < -0.39 is 66.0 Å². The maximum Gasteiger partial charge on any atom is 0.336 e. The van der Waals surface area contributed by atoms with E-state index in [1.807, 2.05) is 0 Å². The summed E-state index contributed by atoms with van der Waals surface area (Å²) >= 11 is 0. The number of aromatic carboxylic acids is 3. The average molecular weight is 767 g/mol. The summed E-state index contributed by atoms with van der Waals surface area (Å²) in [5.41, 5.74) is -2.30. The topological polar surface area (TPSA) is 350 Å². The van der Waals surface area contributed by atoms with Gasteiger partial charge in [0.15, 0.2) is 11.4 Å². The molecule has 8 N–H and O–H groups in total. The van der Waals surface area contributed by atoms with Crippen LogP contribution in [0.5, 0.6) is 0 Å². The molecule has 0 fully saturated rings. The Bertz CT molecular complexity index is 1570. The highest BCUT2D eigenvalue weighted by atomic mass is 16.4. The van der Waals surface area contributed by atoms with Gasteiger partial charge in [0.05, 0.1) is 29.5 Å². The summed E-state index contributed by atoms with van der Waals surface area (Å²) in [4.78, 5) is 113. The zero-order valence-electron chi connectivity index (χ0n) is 29.6. The Labute approximate surface area is 307 Å². The van der Waals surface area contributed by atoms with E-state index in [0.29, 0.717) is 18.4 Å². The fourth-order valence-electron chi connectivity index (χ4n) is 3.37. The van der Waals surface area contributed by atoms with Crippen molar-refractivity contribution in [1.82, 2.24) is 0 Å². The number of carboxylic acid groups (broad SMARTS) is 7. The van der Waals surface area contributed by atoms with Gasteiger partial charge in [0.1, 0.15) is 17.3 Å². The minimum Gasteiger partial charge on any atom is -0.481 e. The van der Waals surface area contributed by atoms with Crippen LogP contribution in [0.15, 0.2) is 48.5 Å². The minimum absolute atomic E-state index is 0.0463. The third-order valence-electron chi connectivity index (χ3n) is 5.90. The highest BCUT2D eigenvalue weighted by Gasteiger charge is 2.39. The lowest BCUT2D eigenvalue weighted by molar-refractivity contribution is -0.167. The van der Waals surface area contributed by atoms with Gasteiger partial charge in [-0.3, -0.25) is 24.0 Å². The monoisotopic (exact) mass is 766 g/mol. The maximum atomic E-state index is 10.8. The summed E-state index contributed by atoms with van der Waals surface area (Å²) in [7, 11) is 0. The summed E-state index contributed by atoms with van der Waals surface area (Å²) in [5.74, 6) is -9.13. The van der Waals surface area contributed by atoms with Crippen LogP contribution in [0.1, 0.15) is 114 Å². The van der Waals surface area contributed by atoms with Crippen molar-refractivity contribution in [3.8, 4) is 0 Å². The van der Waals surface area contributed by atoms with Crippen LogP contribution in [-0.2, 0) is 33.6 Å². The van der Waals surface area contributed by atoms with Crippen LogP contribution in [0.4, 0.5) is 0 Å². The van der Waals surface area contributed by atoms with Gasteiger partial charge in [-0.15, -0.1) is 0 Å². The highest BCUT2D eigenvalue weighted by Crippen LogP contribution is 2.16. The number of carbonyl (C=O) groups is 11. The number of carbonyl (C=O) groups excluding carboxylic acids is 4. The number of rotatable bonds is 16. The van der Waals surface area contributed by atoms with E-state index in [2.05, 4.69) is 0 Å². The van der Waals surface area contributed by atoms with Gasteiger partial charge in [-0.1, -0.05) is 24.3 Å². The van der Waals surface area contributed by atoms with Crippen molar-refractivity contribution in [3.05, 3.63) is 70.8 Å². The molecule has 19 heteroatoms. The molecule has 0 radical (unpaired) electrons. The van der Waals surface area contributed by atoms with Crippen molar-refractivity contribution in [2.24, 2.45) is 0 Å². The van der Waals surface area contributed by atoms with E-state index in [1.165, 1.54) is 57.2 Å². The van der Waals surface area contributed by atoms with Crippen LogP contribution in [-0.4, -0.2) is 111 Å². The fourth-order valence-corrected chi connectivity index (χ4v) is 3.37. The van der Waals surface area contributed by atoms with Gasteiger partial charge in [-0.25, -0.2) is 19.2 Å². The first-order chi connectivity index (χ1) is 24.8. The quantitative estimate of drug-likeness (QED) is 0.114. The number of ketones is 4. The smallest absolute Gasteiger partial charge is 0.336 e. The van der Waals surface area contributed by atoms with Crippen LogP contribution in [0, 0.1) is 0 Å². The first-order valence-electron chi connectivity index (χ1n) is 15.3. The summed E-state index contributed by atoms with van der Waals surface area (Å²) < 4.78 is 0. The number of Topliss-reactive ketones (excluding diaryl/α,β-unsaturated/α-hetero) is 4. The van der Waals surface area contributed by atoms with Crippen LogP contribution in [0.2, 0.25) is 0 Å². The van der Waals surface area contributed by atoms with E-state index in [0.717, 1.165) is 6.92 Å². The first kappa shape index (κ1) is 51.7. The maximum absolute atomic E-state index is 10.8. The molecule has 0 amide bonds. The third-order valence-corrected chi connectivity index (χ3v) is 5.90. The number of aliphatic hydroxyl groups is 1.